The molecule has 0 aliphatic heterocycles. The normalized spacial score (nSPS) is 10.0. The first-order valence-electron chi connectivity index (χ1n) is 5.80. The molecule has 0 unspecified atom stereocenters. The summed E-state index contributed by atoms with van der Waals surface area (Å²) < 4.78 is 0. The lowest BCUT2D eigenvalue weighted by Crippen LogP contribution is -2.05. The average Bonchev–Trinajstić information content (AvgIpc) is 2.76. The van der Waals surface area contributed by atoms with Crippen molar-refractivity contribution in [3.05, 3.63) is 36.4 Å². The number of carbonyl (C=O) groups excluding carboxylic acids is 2. The van der Waals surface area contributed by atoms with Crippen LogP contribution in [0.3, 0.4) is 0 Å². The van der Waals surface area contributed by atoms with Crippen LogP contribution in [0.15, 0.2) is 36.4 Å². The third-order valence-electron chi connectivity index (χ3n) is 2.40. The zero-order valence-electron chi connectivity index (χ0n) is 10.7. The van der Waals surface area contributed by atoms with Crippen LogP contribution in [-0.2, 0) is 9.59 Å². The van der Waals surface area contributed by atoms with E-state index in [-0.39, 0.29) is 11.8 Å². The standard InChI is InChI=1S/C14H14N2O2S/c1-9(17)15-12-5-3-11(4-6-12)13-7-8-14(19-13)16-10(2)18/h3-8H,1-2H3,(H,15,17)(H,16,18). The molecule has 4 nitrogen and oxygen atoms in total. The summed E-state index contributed by atoms with van der Waals surface area (Å²) in [6.45, 7) is 2.97. The zero-order chi connectivity index (χ0) is 13.8. The molecule has 0 fully saturated rings. The number of rotatable bonds is 3. The maximum Gasteiger partial charge on any atom is 0.221 e. The fraction of sp³-hybridized carbons (Fsp3) is 0.143. The topological polar surface area (TPSA) is 58.2 Å². The Balaban J connectivity index is 2.15. The van der Waals surface area contributed by atoms with E-state index in [2.05, 4.69) is 10.6 Å². The number of benzene rings is 1. The van der Waals surface area contributed by atoms with Gasteiger partial charge in [-0.1, -0.05) is 12.1 Å². The minimum absolute atomic E-state index is 0.0746. The third kappa shape index (κ3) is 3.66. The minimum Gasteiger partial charge on any atom is -0.326 e. The second kappa shape index (κ2) is 5.67. The maximum absolute atomic E-state index is 11.0. The predicted molar refractivity (Wildman–Crippen MR) is 78.4 cm³/mol. The van der Waals surface area contributed by atoms with Crippen LogP contribution in [0.1, 0.15) is 13.8 Å². The van der Waals surface area contributed by atoms with E-state index in [1.165, 1.54) is 25.2 Å². The monoisotopic (exact) mass is 274 g/mol. The van der Waals surface area contributed by atoms with Crippen molar-refractivity contribution >= 4 is 33.8 Å². The smallest absolute Gasteiger partial charge is 0.221 e. The van der Waals surface area contributed by atoms with Crippen LogP contribution in [0.5, 0.6) is 0 Å². The average molecular weight is 274 g/mol. The van der Waals surface area contributed by atoms with E-state index >= 15 is 0 Å². The van der Waals surface area contributed by atoms with Crippen molar-refractivity contribution in [2.24, 2.45) is 0 Å². The second-order valence-corrected chi connectivity index (χ2v) is 5.19. The first kappa shape index (κ1) is 13.3. The van der Waals surface area contributed by atoms with Gasteiger partial charge in [0.1, 0.15) is 0 Å². The number of hydrogen-bond acceptors (Lipinski definition) is 3. The van der Waals surface area contributed by atoms with E-state index in [0.29, 0.717) is 0 Å². The molecule has 5 heteroatoms. The summed E-state index contributed by atoms with van der Waals surface area (Å²) in [6, 6.07) is 11.4. The van der Waals surface area contributed by atoms with Crippen LogP contribution in [-0.4, -0.2) is 11.8 Å². The van der Waals surface area contributed by atoms with Gasteiger partial charge in [-0.2, -0.15) is 0 Å². The summed E-state index contributed by atoms with van der Waals surface area (Å²) in [5.74, 6) is -0.161. The molecular formula is C14H14N2O2S. The molecule has 0 spiro atoms. The SMILES string of the molecule is CC(=O)Nc1ccc(-c2ccc(NC(C)=O)s2)cc1. The van der Waals surface area contributed by atoms with Crippen LogP contribution in [0.2, 0.25) is 0 Å². The molecule has 0 aliphatic rings. The highest BCUT2D eigenvalue weighted by Gasteiger charge is 2.04. The molecule has 0 saturated heterocycles. The number of thiophene rings is 1. The van der Waals surface area contributed by atoms with Gasteiger partial charge in [0, 0.05) is 24.4 Å². The van der Waals surface area contributed by atoms with Gasteiger partial charge in [0.15, 0.2) is 0 Å². The predicted octanol–water partition coefficient (Wildman–Crippen LogP) is 3.33. The van der Waals surface area contributed by atoms with Gasteiger partial charge >= 0.3 is 0 Å². The van der Waals surface area contributed by atoms with Gasteiger partial charge in [-0.05, 0) is 29.8 Å². The summed E-state index contributed by atoms with van der Waals surface area (Å²) in [5, 5.41) is 6.30. The van der Waals surface area contributed by atoms with Crippen LogP contribution >= 0.6 is 11.3 Å². The number of hydrogen-bond donors (Lipinski definition) is 2. The third-order valence-corrected chi connectivity index (χ3v) is 3.44. The fourth-order valence-electron chi connectivity index (χ4n) is 1.65. The Morgan fingerprint density at radius 1 is 0.895 bits per heavy atom. The fourth-order valence-corrected chi connectivity index (χ4v) is 2.61. The van der Waals surface area contributed by atoms with E-state index in [0.717, 1.165) is 21.1 Å². The van der Waals surface area contributed by atoms with E-state index in [4.69, 9.17) is 0 Å². The molecule has 1 aromatic carbocycles. The molecule has 0 bridgehead atoms. The van der Waals surface area contributed by atoms with Crippen molar-refractivity contribution in [3.8, 4) is 10.4 Å². The Bertz CT molecular complexity index is 602. The van der Waals surface area contributed by atoms with E-state index in [1.807, 2.05) is 36.4 Å². The first-order chi connectivity index (χ1) is 9.04. The summed E-state index contributed by atoms with van der Waals surface area (Å²) in [5.41, 5.74) is 1.82. The highest BCUT2D eigenvalue weighted by molar-refractivity contribution is 7.19. The number of nitrogens with one attached hydrogen (secondary N) is 2. The molecule has 2 aromatic rings. The zero-order valence-corrected chi connectivity index (χ0v) is 11.5. The lowest BCUT2D eigenvalue weighted by Gasteiger charge is -2.03. The second-order valence-electron chi connectivity index (χ2n) is 4.10. The van der Waals surface area contributed by atoms with Crippen molar-refractivity contribution in [3.63, 3.8) is 0 Å². The lowest BCUT2D eigenvalue weighted by atomic mass is 10.2. The Kier molecular flexibility index (Phi) is 3.97. The molecule has 0 aliphatic carbocycles. The molecule has 2 amide bonds. The van der Waals surface area contributed by atoms with Crippen LogP contribution < -0.4 is 10.6 Å². The van der Waals surface area contributed by atoms with Crippen LogP contribution in [0, 0.1) is 0 Å². The van der Waals surface area contributed by atoms with Gasteiger partial charge in [0.05, 0.1) is 5.00 Å². The molecule has 1 aromatic heterocycles. The number of amides is 2. The largest absolute Gasteiger partial charge is 0.326 e. The number of anilines is 2. The van der Waals surface area contributed by atoms with Gasteiger partial charge < -0.3 is 10.6 Å². The van der Waals surface area contributed by atoms with Crippen molar-refractivity contribution in [2.75, 3.05) is 10.6 Å². The van der Waals surface area contributed by atoms with E-state index in [1.54, 1.807) is 0 Å². The molecule has 2 N–H and O–H groups in total. The van der Waals surface area contributed by atoms with E-state index in [9.17, 15) is 9.59 Å². The molecule has 0 atom stereocenters. The number of carbonyl (C=O) groups is 2. The summed E-state index contributed by atoms with van der Waals surface area (Å²) in [4.78, 5) is 23.0. The van der Waals surface area contributed by atoms with E-state index < -0.39 is 0 Å². The van der Waals surface area contributed by atoms with Crippen LogP contribution in [0.4, 0.5) is 10.7 Å². The quantitative estimate of drug-likeness (QED) is 0.902. The molecule has 0 saturated carbocycles. The maximum atomic E-state index is 11.0. The van der Waals surface area contributed by atoms with Gasteiger partial charge in [0.25, 0.3) is 0 Å². The Labute approximate surface area is 115 Å². The van der Waals surface area contributed by atoms with Gasteiger partial charge in [0.2, 0.25) is 11.8 Å². The molecule has 19 heavy (non-hydrogen) atoms. The van der Waals surface area contributed by atoms with Gasteiger partial charge in [-0.25, -0.2) is 0 Å². The van der Waals surface area contributed by atoms with Crippen molar-refractivity contribution in [1.29, 1.82) is 0 Å². The molecular weight excluding hydrogens is 260 g/mol. The molecule has 0 radical (unpaired) electrons. The highest BCUT2D eigenvalue weighted by atomic mass is 32.1. The highest BCUT2D eigenvalue weighted by Crippen LogP contribution is 2.31. The molecule has 1 heterocycles. The summed E-state index contributed by atoms with van der Waals surface area (Å²) >= 11 is 1.51. The van der Waals surface area contributed by atoms with Crippen LogP contribution in [0.25, 0.3) is 10.4 Å². The summed E-state index contributed by atoms with van der Waals surface area (Å²) in [7, 11) is 0. The Morgan fingerprint density at radius 2 is 1.53 bits per heavy atom. The van der Waals surface area contributed by atoms with Crippen molar-refractivity contribution in [2.45, 2.75) is 13.8 Å². The Hall–Kier alpha value is -2.14. The van der Waals surface area contributed by atoms with Crippen molar-refractivity contribution in [1.82, 2.24) is 0 Å². The first-order valence-corrected chi connectivity index (χ1v) is 6.62. The van der Waals surface area contributed by atoms with Gasteiger partial charge in [-0.15, -0.1) is 11.3 Å². The summed E-state index contributed by atoms with van der Waals surface area (Å²) in [6.07, 6.45) is 0. The minimum atomic E-state index is -0.0863. The molecule has 98 valence electrons. The Morgan fingerprint density at radius 3 is 2.11 bits per heavy atom. The lowest BCUT2D eigenvalue weighted by molar-refractivity contribution is -0.115. The van der Waals surface area contributed by atoms with Crippen molar-refractivity contribution < 1.29 is 9.59 Å². The molecule has 2 rings (SSSR count). The van der Waals surface area contributed by atoms with Gasteiger partial charge in [-0.3, -0.25) is 9.59 Å².